The first-order chi connectivity index (χ1) is 11.4. The molecule has 0 fully saturated rings. The molecule has 3 aromatic rings. The third kappa shape index (κ3) is 3.58. The molecule has 0 heterocycles. The second kappa shape index (κ2) is 6.62. The Bertz CT molecular complexity index is 778. The smallest absolute Gasteiger partial charge is 0.104 e. The zero-order valence-corrected chi connectivity index (χ0v) is 14.5. The van der Waals surface area contributed by atoms with Crippen molar-refractivity contribution in [2.24, 2.45) is 0 Å². The number of aliphatic hydroxyl groups excluding tert-OH is 1. The molecule has 122 valence electrons. The average Bonchev–Trinajstić information content (AvgIpc) is 2.61. The Labute approximate surface area is 144 Å². The summed E-state index contributed by atoms with van der Waals surface area (Å²) >= 11 is 0. The predicted molar refractivity (Wildman–Crippen MR) is 101 cm³/mol. The maximum Gasteiger partial charge on any atom is 0.104 e. The minimum Gasteiger partial charge on any atom is -0.384 e. The topological polar surface area (TPSA) is 20.2 Å². The fourth-order valence-electron chi connectivity index (χ4n) is 2.85. The molecular formula is C23H24O. The number of benzene rings is 3. The van der Waals surface area contributed by atoms with E-state index in [0.717, 1.165) is 16.7 Å². The first-order valence-electron chi connectivity index (χ1n) is 8.39. The van der Waals surface area contributed by atoms with Gasteiger partial charge in [0.05, 0.1) is 0 Å². The molecule has 0 radical (unpaired) electrons. The molecule has 0 saturated carbocycles. The monoisotopic (exact) mass is 316 g/mol. The summed E-state index contributed by atoms with van der Waals surface area (Å²) in [5.74, 6) is 0. The maximum absolute atomic E-state index is 10.6. The second-order valence-electron chi connectivity index (χ2n) is 7.26. The van der Waals surface area contributed by atoms with Crippen molar-refractivity contribution in [2.75, 3.05) is 0 Å². The Morgan fingerprint density at radius 2 is 1.08 bits per heavy atom. The van der Waals surface area contributed by atoms with E-state index in [1.54, 1.807) is 0 Å². The lowest BCUT2D eigenvalue weighted by Gasteiger charge is -2.20. The molecule has 0 aliphatic carbocycles. The van der Waals surface area contributed by atoms with E-state index in [1.807, 2.05) is 42.5 Å². The van der Waals surface area contributed by atoms with Crippen molar-refractivity contribution in [3.8, 4) is 11.1 Å². The molecule has 1 heteroatoms. The third-order valence-corrected chi connectivity index (χ3v) is 4.43. The van der Waals surface area contributed by atoms with Crippen molar-refractivity contribution in [3.63, 3.8) is 0 Å². The SMILES string of the molecule is CC(C)(C)c1ccc(C(O)c2ccc(-c3ccccc3)cc2)cc1. The minimum absolute atomic E-state index is 0.126. The standard InChI is InChI=1S/C23H24O/c1-23(2,3)21-15-13-20(14-16-21)22(24)19-11-9-18(10-12-19)17-7-5-4-6-8-17/h4-16,22,24H,1-3H3. The van der Waals surface area contributed by atoms with Crippen molar-refractivity contribution in [3.05, 3.63) is 95.6 Å². The first kappa shape index (κ1) is 16.5. The van der Waals surface area contributed by atoms with Crippen LogP contribution in [0.2, 0.25) is 0 Å². The van der Waals surface area contributed by atoms with E-state index in [2.05, 4.69) is 57.2 Å². The molecule has 0 aliphatic rings. The van der Waals surface area contributed by atoms with Crippen LogP contribution in [0.3, 0.4) is 0 Å². The van der Waals surface area contributed by atoms with Gasteiger partial charge in [0.2, 0.25) is 0 Å². The molecule has 24 heavy (non-hydrogen) atoms. The number of hydrogen-bond donors (Lipinski definition) is 1. The van der Waals surface area contributed by atoms with Crippen molar-refractivity contribution < 1.29 is 5.11 Å². The van der Waals surface area contributed by atoms with Gasteiger partial charge in [-0.25, -0.2) is 0 Å². The van der Waals surface area contributed by atoms with Gasteiger partial charge in [-0.3, -0.25) is 0 Å². The van der Waals surface area contributed by atoms with Crippen LogP contribution >= 0.6 is 0 Å². The van der Waals surface area contributed by atoms with Gasteiger partial charge in [0, 0.05) is 0 Å². The molecule has 0 saturated heterocycles. The summed E-state index contributed by atoms with van der Waals surface area (Å²) in [6, 6.07) is 26.7. The normalized spacial score (nSPS) is 12.8. The first-order valence-corrected chi connectivity index (χ1v) is 8.39. The van der Waals surface area contributed by atoms with Crippen molar-refractivity contribution >= 4 is 0 Å². The molecule has 0 bridgehead atoms. The minimum atomic E-state index is -0.594. The maximum atomic E-state index is 10.6. The number of rotatable bonds is 3. The van der Waals surface area contributed by atoms with Crippen LogP contribution in [0, 0.1) is 0 Å². The van der Waals surface area contributed by atoms with E-state index in [-0.39, 0.29) is 5.41 Å². The molecule has 3 aromatic carbocycles. The predicted octanol–water partition coefficient (Wildman–Crippen LogP) is 5.73. The van der Waals surface area contributed by atoms with Crippen LogP contribution < -0.4 is 0 Å². The fourth-order valence-corrected chi connectivity index (χ4v) is 2.85. The van der Waals surface area contributed by atoms with Crippen LogP contribution in [0.5, 0.6) is 0 Å². The fraction of sp³-hybridized carbons (Fsp3) is 0.217. The quantitative estimate of drug-likeness (QED) is 0.654. The van der Waals surface area contributed by atoms with E-state index >= 15 is 0 Å². The summed E-state index contributed by atoms with van der Waals surface area (Å²) in [6.07, 6.45) is -0.594. The molecule has 1 atom stereocenters. The van der Waals surface area contributed by atoms with Gasteiger partial charge in [-0.05, 0) is 33.2 Å². The Hall–Kier alpha value is -2.38. The van der Waals surface area contributed by atoms with Gasteiger partial charge in [0.1, 0.15) is 6.10 Å². The third-order valence-electron chi connectivity index (χ3n) is 4.43. The summed E-state index contributed by atoms with van der Waals surface area (Å²) in [7, 11) is 0. The molecule has 0 spiro atoms. The van der Waals surface area contributed by atoms with Crippen LogP contribution in [-0.4, -0.2) is 5.11 Å². The highest BCUT2D eigenvalue weighted by Gasteiger charge is 2.15. The van der Waals surface area contributed by atoms with Gasteiger partial charge in [0.25, 0.3) is 0 Å². The summed E-state index contributed by atoms with van der Waals surface area (Å²) < 4.78 is 0. The highest BCUT2D eigenvalue weighted by atomic mass is 16.3. The Morgan fingerprint density at radius 1 is 0.625 bits per heavy atom. The highest BCUT2D eigenvalue weighted by molar-refractivity contribution is 5.63. The van der Waals surface area contributed by atoms with E-state index < -0.39 is 6.10 Å². The van der Waals surface area contributed by atoms with Gasteiger partial charge in [0.15, 0.2) is 0 Å². The summed E-state index contributed by atoms with van der Waals surface area (Å²) in [5, 5.41) is 10.6. The van der Waals surface area contributed by atoms with Gasteiger partial charge in [-0.2, -0.15) is 0 Å². The molecule has 0 amide bonds. The van der Waals surface area contributed by atoms with Crippen LogP contribution in [-0.2, 0) is 5.41 Å². The van der Waals surface area contributed by atoms with Crippen LogP contribution in [0.25, 0.3) is 11.1 Å². The average molecular weight is 316 g/mol. The van der Waals surface area contributed by atoms with Crippen molar-refractivity contribution in [1.29, 1.82) is 0 Å². The molecule has 0 aromatic heterocycles. The Balaban J connectivity index is 1.81. The summed E-state index contributed by atoms with van der Waals surface area (Å²) in [5.41, 5.74) is 5.59. The summed E-state index contributed by atoms with van der Waals surface area (Å²) in [6.45, 7) is 6.59. The van der Waals surface area contributed by atoms with Crippen LogP contribution in [0.1, 0.15) is 43.6 Å². The lowest BCUT2D eigenvalue weighted by molar-refractivity contribution is 0.220. The Kier molecular flexibility index (Phi) is 4.55. The van der Waals surface area contributed by atoms with E-state index in [0.29, 0.717) is 0 Å². The highest BCUT2D eigenvalue weighted by Crippen LogP contribution is 2.28. The lowest BCUT2D eigenvalue weighted by Crippen LogP contribution is -2.11. The van der Waals surface area contributed by atoms with E-state index in [4.69, 9.17) is 0 Å². The lowest BCUT2D eigenvalue weighted by atomic mass is 9.86. The molecule has 1 unspecified atom stereocenters. The van der Waals surface area contributed by atoms with E-state index in [1.165, 1.54) is 11.1 Å². The zero-order valence-electron chi connectivity index (χ0n) is 14.5. The molecular weight excluding hydrogens is 292 g/mol. The molecule has 3 rings (SSSR count). The van der Waals surface area contributed by atoms with E-state index in [9.17, 15) is 5.11 Å². The van der Waals surface area contributed by atoms with Crippen molar-refractivity contribution in [2.45, 2.75) is 32.3 Å². The summed E-state index contributed by atoms with van der Waals surface area (Å²) in [4.78, 5) is 0. The Morgan fingerprint density at radius 3 is 1.58 bits per heavy atom. The number of hydrogen-bond acceptors (Lipinski definition) is 1. The molecule has 1 nitrogen and oxygen atoms in total. The van der Waals surface area contributed by atoms with Crippen LogP contribution in [0.15, 0.2) is 78.9 Å². The van der Waals surface area contributed by atoms with Gasteiger partial charge in [-0.1, -0.05) is 99.6 Å². The number of aliphatic hydroxyl groups is 1. The molecule has 1 N–H and O–H groups in total. The largest absolute Gasteiger partial charge is 0.384 e. The van der Waals surface area contributed by atoms with Crippen LogP contribution in [0.4, 0.5) is 0 Å². The van der Waals surface area contributed by atoms with Gasteiger partial charge >= 0.3 is 0 Å². The zero-order chi connectivity index (χ0) is 17.2. The second-order valence-corrected chi connectivity index (χ2v) is 7.26. The van der Waals surface area contributed by atoms with Crippen molar-refractivity contribution in [1.82, 2.24) is 0 Å². The van der Waals surface area contributed by atoms with Gasteiger partial charge in [-0.15, -0.1) is 0 Å². The molecule has 0 aliphatic heterocycles. The van der Waals surface area contributed by atoms with Gasteiger partial charge < -0.3 is 5.11 Å².